The fourth-order valence-electron chi connectivity index (χ4n) is 3.10. The van der Waals surface area contributed by atoms with E-state index in [9.17, 15) is 4.39 Å². The third-order valence-corrected chi connectivity index (χ3v) is 4.38. The fourth-order valence-corrected chi connectivity index (χ4v) is 3.10. The molecule has 0 aromatic carbocycles. The third kappa shape index (κ3) is 3.17. The van der Waals surface area contributed by atoms with Gasteiger partial charge in [0.15, 0.2) is 0 Å². The van der Waals surface area contributed by atoms with E-state index in [1.165, 1.54) is 19.3 Å². The smallest absolute Gasteiger partial charge is 0.134 e. The Kier molecular flexibility index (Phi) is 4.20. The fraction of sp³-hybridized carbons (Fsp3) is 1.00. The molecule has 2 N–H and O–H groups in total. The third-order valence-electron chi connectivity index (χ3n) is 4.38. The van der Waals surface area contributed by atoms with Crippen LogP contribution in [-0.2, 0) is 0 Å². The number of halogens is 1. The molecule has 2 aliphatic rings. The summed E-state index contributed by atoms with van der Waals surface area (Å²) >= 11 is 0. The monoisotopic (exact) mass is 229 g/mol. The van der Waals surface area contributed by atoms with Crippen LogP contribution < -0.4 is 5.32 Å². The van der Waals surface area contributed by atoms with Crippen molar-refractivity contribution >= 4 is 0 Å². The lowest BCUT2D eigenvalue weighted by atomic mass is 9.90. The van der Waals surface area contributed by atoms with Gasteiger partial charge >= 0.3 is 0 Å². The first-order chi connectivity index (χ1) is 7.72. The number of nitrogens with zero attached hydrogens (tertiary/aromatic N) is 1. The molecule has 0 radical (unpaired) electrons. The van der Waals surface area contributed by atoms with E-state index in [4.69, 9.17) is 0 Å². The molecule has 0 saturated carbocycles. The van der Waals surface area contributed by atoms with E-state index in [1.54, 1.807) is 0 Å². The highest BCUT2D eigenvalue weighted by atomic mass is 19.1. The first kappa shape index (κ1) is 12.3. The summed E-state index contributed by atoms with van der Waals surface area (Å²) < 4.78 is 14.5. The number of rotatable bonds is 3. The Hall–Kier alpha value is -0.150. The molecule has 2 aliphatic heterocycles. The van der Waals surface area contributed by atoms with Crippen molar-refractivity contribution in [1.29, 1.82) is 0 Å². The molecule has 0 aromatic heterocycles. The van der Waals surface area contributed by atoms with E-state index in [0.29, 0.717) is 6.54 Å². The zero-order chi connectivity index (χ0) is 11.4. The van der Waals surface area contributed by atoms with E-state index in [1.807, 2.05) is 0 Å². The van der Waals surface area contributed by atoms with Gasteiger partial charge in [-0.2, -0.15) is 0 Å². The number of alkyl halides is 1. The molecule has 94 valence electrons. The molecule has 2 rings (SSSR count). The highest BCUT2D eigenvalue weighted by molar-refractivity contribution is 4.86. The predicted octanol–water partition coefficient (Wildman–Crippen LogP) is 1.17. The normalized spacial score (nSPS) is 28.1. The van der Waals surface area contributed by atoms with Crippen LogP contribution in [0, 0.1) is 5.92 Å². The van der Waals surface area contributed by atoms with Gasteiger partial charge in [0.2, 0.25) is 0 Å². The standard InChI is InChI=1S/C13H25FN2/c1-2-12-3-9-16(10-4-12)11-13(14)5-7-15-8-6-13/h12,15H,2-11H2,1H3/p+1. The lowest BCUT2D eigenvalue weighted by Crippen LogP contribution is -2.87. The van der Waals surface area contributed by atoms with Crippen molar-refractivity contribution in [3.05, 3.63) is 0 Å². The zero-order valence-electron chi connectivity index (χ0n) is 10.6. The average Bonchev–Trinajstić information content (AvgIpc) is 2.30. The number of hydrogen-bond donors (Lipinski definition) is 1. The second-order valence-electron chi connectivity index (χ2n) is 5.64. The first-order valence-electron chi connectivity index (χ1n) is 6.95. The van der Waals surface area contributed by atoms with Crippen LogP contribution in [0.3, 0.4) is 0 Å². The Labute approximate surface area is 98.6 Å². The van der Waals surface area contributed by atoms with Crippen LogP contribution in [0.1, 0.15) is 39.0 Å². The minimum absolute atomic E-state index is 0.692. The molecular formula is C13H26FN2+. The number of hydrogen-bond acceptors (Lipinski definition) is 1. The van der Waals surface area contributed by atoms with Crippen molar-refractivity contribution in [3.63, 3.8) is 0 Å². The van der Waals surface area contributed by atoms with Crippen molar-refractivity contribution in [2.24, 2.45) is 5.92 Å². The van der Waals surface area contributed by atoms with Crippen LogP contribution in [0.4, 0.5) is 4.39 Å². The summed E-state index contributed by atoms with van der Waals surface area (Å²) in [4.78, 5) is 2.36. The quantitative estimate of drug-likeness (QED) is 0.770. The van der Waals surface area contributed by atoms with Gasteiger partial charge in [-0.05, 0) is 31.8 Å². The molecule has 0 atom stereocenters. The van der Waals surface area contributed by atoms with E-state index < -0.39 is 5.67 Å². The minimum atomic E-state index is -0.881. The number of piperidine rings is 2. The lowest BCUT2D eigenvalue weighted by Gasteiger charge is -2.37. The molecule has 0 spiro atoms. The maximum Gasteiger partial charge on any atom is 0.134 e. The molecule has 0 amide bonds. The molecule has 2 saturated heterocycles. The molecule has 3 heteroatoms. The summed E-state index contributed by atoms with van der Waals surface area (Å²) in [7, 11) is 0. The van der Waals surface area contributed by atoms with E-state index >= 15 is 0 Å². The van der Waals surface area contributed by atoms with E-state index in [2.05, 4.69) is 17.1 Å². The van der Waals surface area contributed by atoms with Crippen LogP contribution in [0.15, 0.2) is 0 Å². The molecule has 2 fully saturated rings. The van der Waals surface area contributed by atoms with Gasteiger partial charge < -0.3 is 10.2 Å². The Morgan fingerprint density at radius 1 is 1.25 bits per heavy atom. The van der Waals surface area contributed by atoms with Gasteiger partial charge in [0.25, 0.3) is 0 Å². The largest absolute Gasteiger partial charge is 0.346 e. The highest BCUT2D eigenvalue weighted by Gasteiger charge is 2.36. The molecule has 2 nitrogen and oxygen atoms in total. The summed E-state index contributed by atoms with van der Waals surface area (Å²) in [5.41, 5.74) is -0.881. The van der Waals surface area contributed by atoms with Gasteiger partial charge in [0.05, 0.1) is 13.1 Å². The van der Waals surface area contributed by atoms with Crippen molar-refractivity contribution < 1.29 is 9.71 Å². The Morgan fingerprint density at radius 3 is 2.44 bits per heavy atom. The summed E-state index contributed by atoms with van der Waals surface area (Å²) in [6.45, 7) is 7.15. The molecule has 0 unspecified atom stereocenters. The summed E-state index contributed by atoms with van der Waals surface area (Å²) in [6, 6.07) is 0. The molecule has 0 aliphatic carbocycles. The van der Waals surface area contributed by atoms with Crippen molar-refractivity contribution in [2.45, 2.75) is 44.7 Å². The molecule has 0 aromatic rings. The Morgan fingerprint density at radius 2 is 1.88 bits per heavy atom. The average molecular weight is 229 g/mol. The van der Waals surface area contributed by atoms with Gasteiger partial charge in [-0.15, -0.1) is 0 Å². The van der Waals surface area contributed by atoms with Gasteiger partial charge in [0.1, 0.15) is 5.67 Å². The maximum atomic E-state index is 14.5. The summed E-state index contributed by atoms with van der Waals surface area (Å²) in [5, 5.41) is 2.24. The van der Waals surface area contributed by atoms with Crippen LogP contribution in [-0.4, -0.2) is 43.3 Å². The number of nitrogens with two attached hydrogens (primary N) is 1. The SMILES string of the molecule is CCC1CCN(CC2(F)CC[NH2+]CC2)CC1. The van der Waals surface area contributed by atoms with Crippen molar-refractivity contribution in [3.8, 4) is 0 Å². The molecule has 16 heavy (non-hydrogen) atoms. The van der Waals surface area contributed by atoms with Crippen LogP contribution in [0.5, 0.6) is 0 Å². The van der Waals surface area contributed by atoms with Crippen molar-refractivity contribution in [2.75, 3.05) is 32.7 Å². The first-order valence-corrected chi connectivity index (χ1v) is 6.95. The summed E-state index contributed by atoms with van der Waals surface area (Å²) in [6.07, 6.45) is 5.35. The van der Waals surface area contributed by atoms with Gasteiger partial charge in [-0.1, -0.05) is 13.3 Å². The predicted molar refractivity (Wildman–Crippen MR) is 64.2 cm³/mol. The van der Waals surface area contributed by atoms with Crippen molar-refractivity contribution in [1.82, 2.24) is 4.90 Å². The highest BCUT2D eigenvalue weighted by Crippen LogP contribution is 2.26. The number of quaternary nitrogens is 1. The Balaban J connectivity index is 1.77. The molecule has 0 bridgehead atoms. The van der Waals surface area contributed by atoms with Crippen LogP contribution in [0.2, 0.25) is 0 Å². The Bertz CT molecular complexity index is 206. The topological polar surface area (TPSA) is 19.9 Å². The van der Waals surface area contributed by atoms with Gasteiger partial charge in [0, 0.05) is 19.4 Å². The van der Waals surface area contributed by atoms with Gasteiger partial charge in [-0.25, -0.2) is 4.39 Å². The summed E-state index contributed by atoms with van der Waals surface area (Å²) in [5.74, 6) is 0.895. The van der Waals surface area contributed by atoms with Gasteiger partial charge in [-0.3, -0.25) is 0 Å². The van der Waals surface area contributed by atoms with Crippen LogP contribution >= 0.6 is 0 Å². The zero-order valence-corrected chi connectivity index (χ0v) is 10.6. The van der Waals surface area contributed by atoms with Crippen LogP contribution in [0.25, 0.3) is 0 Å². The second kappa shape index (κ2) is 5.46. The van der Waals surface area contributed by atoms with E-state index in [-0.39, 0.29) is 0 Å². The number of likely N-dealkylation sites (tertiary alicyclic amines) is 1. The molecule has 2 heterocycles. The lowest BCUT2D eigenvalue weighted by molar-refractivity contribution is -0.667. The minimum Gasteiger partial charge on any atom is -0.346 e. The second-order valence-corrected chi connectivity index (χ2v) is 5.64. The maximum absolute atomic E-state index is 14.5. The van der Waals surface area contributed by atoms with E-state index in [0.717, 1.165) is 44.9 Å². The molecular weight excluding hydrogens is 203 g/mol.